The number of nitrogens with zero attached hydrogens (tertiary/aromatic N) is 1. The Morgan fingerprint density at radius 3 is 2.29 bits per heavy atom. The highest BCUT2D eigenvalue weighted by atomic mass is 35.5. The summed E-state index contributed by atoms with van der Waals surface area (Å²) in [4.78, 5) is 10.7. The lowest BCUT2D eigenvalue weighted by molar-refractivity contribution is -0.383. The van der Waals surface area contributed by atoms with Crippen molar-refractivity contribution in [3.8, 4) is 0 Å². The van der Waals surface area contributed by atoms with Crippen LogP contribution in [0.3, 0.4) is 0 Å². The summed E-state index contributed by atoms with van der Waals surface area (Å²) < 4.78 is 0. The zero-order valence-electron chi connectivity index (χ0n) is 10.9. The number of nitro groups is 1. The number of fused-ring (bicyclic) bond motifs is 1. The number of nitrogens with one attached hydrogen (secondary N) is 1. The lowest BCUT2D eigenvalue weighted by Crippen LogP contribution is -1.93. The number of anilines is 2. The number of benzene rings is 3. The van der Waals surface area contributed by atoms with Crippen molar-refractivity contribution in [2.45, 2.75) is 0 Å². The Bertz CT molecular complexity index is 816. The first-order valence-electron chi connectivity index (χ1n) is 6.34. The van der Waals surface area contributed by atoms with Crippen LogP contribution in [0.25, 0.3) is 10.8 Å². The number of non-ortho nitro benzene ring substituents is 1. The van der Waals surface area contributed by atoms with Gasteiger partial charge in [-0.1, -0.05) is 29.8 Å². The normalized spacial score (nSPS) is 10.5. The van der Waals surface area contributed by atoms with Crippen molar-refractivity contribution in [1.29, 1.82) is 0 Å². The standard InChI is InChI=1S/C16H11ClN2O2/c17-11-7-9-12(10-8-11)18-15-5-1-4-14-13(15)3-2-6-16(14)19(20)21/h1-10,18H. The quantitative estimate of drug-likeness (QED) is 0.537. The molecule has 0 aliphatic heterocycles. The Balaban J connectivity index is 2.09. The van der Waals surface area contributed by atoms with Gasteiger partial charge in [-0.25, -0.2) is 0 Å². The van der Waals surface area contributed by atoms with E-state index in [4.69, 9.17) is 11.6 Å². The largest absolute Gasteiger partial charge is 0.355 e. The van der Waals surface area contributed by atoms with Crippen LogP contribution in [0.5, 0.6) is 0 Å². The van der Waals surface area contributed by atoms with E-state index in [-0.39, 0.29) is 10.6 Å². The predicted molar refractivity (Wildman–Crippen MR) is 85.3 cm³/mol. The van der Waals surface area contributed by atoms with Gasteiger partial charge in [-0.15, -0.1) is 0 Å². The van der Waals surface area contributed by atoms with Crippen molar-refractivity contribution >= 4 is 39.4 Å². The van der Waals surface area contributed by atoms with Crippen LogP contribution in [0.4, 0.5) is 17.1 Å². The molecule has 0 heterocycles. The van der Waals surface area contributed by atoms with Crippen molar-refractivity contribution in [3.63, 3.8) is 0 Å². The molecule has 5 heteroatoms. The highest BCUT2D eigenvalue weighted by molar-refractivity contribution is 6.30. The molecule has 3 rings (SSSR count). The molecule has 0 amide bonds. The minimum absolute atomic E-state index is 0.104. The second-order valence-electron chi connectivity index (χ2n) is 4.57. The van der Waals surface area contributed by atoms with Gasteiger partial charge in [0.1, 0.15) is 0 Å². The molecule has 3 aromatic rings. The molecule has 0 aliphatic carbocycles. The van der Waals surface area contributed by atoms with Crippen LogP contribution in [0.1, 0.15) is 0 Å². The van der Waals surface area contributed by atoms with Gasteiger partial charge >= 0.3 is 0 Å². The monoisotopic (exact) mass is 298 g/mol. The summed E-state index contributed by atoms with van der Waals surface area (Å²) in [7, 11) is 0. The Labute approximate surface area is 126 Å². The van der Waals surface area contributed by atoms with Gasteiger partial charge in [0.2, 0.25) is 0 Å². The Morgan fingerprint density at radius 1 is 0.905 bits per heavy atom. The smallest absolute Gasteiger partial charge is 0.277 e. The van der Waals surface area contributed by atoms with E-state index in [1.54, 1.807) is 30.3 Å². The second-order valence-corrected chi connectivity index (χ2v) is 5.00. The number of rotatable bonds is 3. The third kappa shape index (κ3) is 2.66. The van der Waals surface area contributed by atoms with Gasteiger partial charge in [-0.05, 0) is 36.4 Å². The third-order valence-corrected chi connectivity index (χ3v) is 3.47. The maximum absolute atomic E-state index is 11.1. The predicted octanol–water partition coefficient (Wildman–Crippen LogP) is 5.15. The summed E-state index contributed by atoms with van der Waals surface area (Å²) in [5.74, 6) is 0. The van der Waals surface area contributed by atoms with E-state index >= 15 is 0 Å². The maximum atomic E-state index is 11.1. The molecule has 0 spiro atoms. The first kappa shape index (κ1) is 13.4. The molecule has 0 bridgehead atoms. The second kappa shape index (κ2) is 5.42. The molecular weight excluding hydrogens is 288 g/mol. The molecule has 104 valence electrons. The summed E-state index contributed by atoms with van der Waals surface area (Å²) in [6, 6.07) is 17.8. The SMILES string of the molecule is O=[N+]([O-])c1cccc2c(Nc3ccc(Cl)cc3)cccc12. The van der Waals surface area contributed by atoms with Crippen molar-refractivity contribution in [1.82, 2.24) is 0 Å². The molecule has 0 atom stereocenters. The highest BCUT2D eigenvalue weighted by Crippen LogP contribution is 2.32. The average Bonchev–Trinajstić information content (AvgIpc) is 2.49. The summed E-state index contributed by atoms with van der Waals surface area (Å²) in [5.41, 5.74) is 1.80. The molecule has 0 fully saturated rings. The fraction of sp³-hybridized carbons (Fsp3) is 0. The molecule has 0 radical (unpaired) electrons. The first-order chi connectivity index (χ1) is 10.1. The molecule has 3 aromatic carbocycles. The lowest BCUT2D eigenvalue weighted by atomic mass is 10.1. The highest BCUT2D eigenvalue weighted by Gasteiger charge is 2.12. The topological polar surface area (TPSA) is 55.2 Å². The van der Waals surface area contributed by atoms with Crippen molar-refractivity contribution in [2.24, 2.45) is 0 Å². The minimum Gasteiger partial charge on any atom is -0.355 e. The third-order valence-electron chi connectivity index (χ3n) is 3.22. The average molecular weight is 299 g/mol. The maximum Gasteiger partial charge on any atom is 0.277 e. The van der Waals surface area contributed by atoms with Crippen LogP contribution in [-0.2, 0) is 0 Å². The number of nitro benzene ring substituents is 1. The Hall–Kier alpha value is -2.59. The van der Waals surface area contributed by atoms with Gasteiger partial charge in [0.15, 0.2) is 0 Å². The van der Waals surface area contributed by atoms with E-state index in [2.05, 4.69) is 5.32 Å². The molecule has 0 aromatic heterocycles. The number of halogens is 1. The van der Waals surface area contributed by atoms with Gasteiger partial charge in [-0.3, -0.25) is 10.1 Å². The first-order valence-corrected chi connectivity index (χ1v) is 6.72. The molecule has 1 N–H and O–H groups in total. The zero-order valence-corrected chi connectivity index (χ0v) is 11.7. The van der Waals surface area contributed by atoms with Gasteiger partial charge in [0.05, 0.1) is 10.3 Å². The van der Waals surface area contributed by atoms with Crippen LogP contribution in [0, 0.1) is 10.1 Å². The van der Waals surface area contributed by atoms with Crippen LogP contribution >= 0.6 is 11.6 Å². The van der Waals surface area contributed by atoms with Gasteiger partial charge in [0, 0.05) is 27.8 Å². The Kier molecular flexibility index (Phi) is 3.46. The summed E-state index contributed by atoms with van der Waals surface area (Å²) in [6.45, 7) is 0. The Morgan fingerprint density at radius 2 is 1.57 bits per heavy atom. The van der Waals surface area contributed by atoms with Crippen LogP contribution < -0.4 is 5.32 Å². The molecule has 4 nitrogen and oxygen atoms in total. The molecule has 0 unspecified atom stereocenters. The molecule has 0 saturated carbocycles. The molecule has 0 aliphatic rings. The van der Waals surface area contributed by atoms with Gasteiger partial charge < -0.3 is 5.32 Å². The number of hydrogen-bond acceptors (Lipinski definition) is 3. The van der Waals surface area contributed by atoms with Crippen molar-refractivity contribution in [2.75, 3.05) is 5.32 Å². The van der Waals surface area contributed by atoms with E-state index in [1.165, 1.54) is 6.07 Å². The van der Waals surface area contributed by atoms with Crippen molar-refractivity contribution in [3.05, 3.63) is 75.8 Å². The van der Waals surface area contributed by atoms with E-state index in [9.17, 15) is 10.1 Å². The molecule has 21 heavy (non-hydrogen) atoms. The van der Waals surface area contributed by atoms with E-state index in [0.717, 1.165) is 16.8 Å². The fourth-order valence-electron chi connectivity index (χ4n) is 2.25. The van der Waals surface area contributed by atoms with Crippen molar-refractivity contribution < 1.29 is 4.92 Å². The zero-order chi connectivity index (χ0) is 14.8. The fourth-order valence-corrected chi connectivity index (χ4v) is 2.38. The van der Waals surface area contributed by atoms with Crippen LogP contribution in [0.15, 0.2) is 60.7 Å². The van der Waals surface area contributed by atoms with Crippen LogP contribution in [0.2, 0.25) is 5.02 Å². The van der Waals surface area contributed by atoms with Crippen LogP contribution in [-0.4, -0.2) is 4.92 Å². The molecular formula is C16H11ClN2O2. The summed E-state index contributed by atoms with van der Waals surface area (Å²) in [5, 5.41) is 16.4. The van der Waals surface area contributed by atoms with E-state index in [0.29, 0.717) is 10.4 Å². The molecule has 0 saturated heterocycles. The summed E-state index contributed by atoms with van der Waals surface area (Å²) in [6.07, 6.45) is 0. The minimum atomic E-state index is -0.367. The van der Waals surface area contributed by atoms with Gasteiger partial charge in [-0.2, -0.15) is 0 Å². The summed E-state index contributed by atoms with van der Waals surface area (Å²) >= 11 is 5.86. The van der Waals surface area contributed by atoms with E-state index in [1.807, 2.05) is 24.3 Å². The van der Waals surface area contributed by atoms with E-state index < -0.39 is 0 Å². The lowest BCUT2D eigenvalue weighted by Gasteiger charge is -2.10. The number of hydrogen-bond donors (Lipinski definition) is 1. The van der Waals surface area contributed by atoms with Gasteiger partial charge in [0.25, 0.3) is 5.69 Å².